The minimum Gasteiger partial charge on any atom is -0.486 e. The van der Waals surface area contributed by atoms with Gasteiger partial charge in [-0.1, -0.05) is 15.9 Å². The van der Waals surface area contributed by atoms with E-state index >= 15 is 0 Å². The van der Waals surface area contributed by atoms with Gasteiger partial charge in [0.15, 0.2) is 11.5 Å². The average molecular weight is 367 g/mol. The predicted molar refractivity (Wildman–Crippen MR) is 81.0 cm³/mol. The number of rotatable bonds is 5. The van der Waals surface area contributed by atoms with Crippen molar-refractivity contribution in [3.05, 3.63) is 22.2 Å². The Morgan fingerprint density at radius 1 is 1.35 bits per heavy atom. The van der Waals surface area contributed by atoms with E-state index in [1.807, 2.05) is 24.1 Å². The molecule has 0 radical (unpaired) electrons. The van der Waals surface area contributed by atoms with Crippen molar-refractivity contribution >= 4 is 34.3 Å². The van der Waals surface area contributed by atoms with Gasteiger partial charge in [0.1, 0.15) is 13.2 Å². The van der Waals surface area contributed by atoms with Gasteiger partial charge in [0, 0.05) is 17.6 Å². The Balaban J connectivity index is 0.00000200. The largest absolute Gasteiger partial charge is 0.486 e. The molecule has 0 fully saturated rings. The number of ether oxygens (including phenoxy) is 2. The highest BCUT2D eigenvalue weighted by atomic mass is 79.9. The van der Waals surface area contributed by atoms with Gasteiger partial charge in [-0.3, -0.25) is 4.79 Å². The lowest BCUT2D eigenvalue weighted by molar-refractivity contribution is -0.137. The molecule has 1 aliphatic heterocycles. The first-order valence-corrected chi connectivity index (χ1v) is 6.84. The Labute approximate surface area is 132 Å². The van der Waals surface area contributed by atoms with Crippen LogP contribution in [0.5, 0.6) is 11.5 Å². The first-order valence-electron chi connectivity index (χ1n) is 6.04. The molecule has 0 amide bonds. The quantitative estimate of drug-likeness (QED) is 0.868. The van der Waals surface area contributed by atoms with Gasteiger partial charge in [0.25, 0.3) is 0 Å². The maximum absolute atomic E-state index is 10.5. The van der Waals surface area contributed by atoms with Crippen LogP contribution in [0.25, 0.3) is 0 Å². The second-order valence-electron chi connectivity index (χ2n) is 4.47. The Morgan fingerprint density at radius 2 is 1.95 bits per heavy atom. The molecule has 1 aromatic rings. The fourth-order valence-electron chi connectivity index (χ4n) is 1.88. The van der Waals surface area contributed by atoms with Gasteiger partial charge < -0.3 is 19.5 Å². The van der Waals surface area contributed by atoms with Gasteiger partial charge in [-0.15, -0.1) is 12.4 Å². The third kappa shape index (κ3) is 4.54. The maximum Gasteiger partial charge on any atom is 0.304 e. The molecule has 0 unspecified atom stereocenters. The summed E-state index contributed by atoms with van der Waals surface area (Å²) in [5, 5.41) is 8.67. The Hall–Kier alpha value is -0.980. The number of carboxylic acids is 1. The first-order chi connectivity index (χ1) is 9.06. The van der Waals surface area contributed by atoms with Crippen LogP contribution >= 0.6 is 28.3 Å². The SMILES string of the molecule is CN(CCC(=O)O)Cc1cc2c(cc1Br)OCCO2.Cl. The molecular weight excluding hydrogens is 350 g/mol. The molecule has 2 rings (SSSR count). The van der Waals surface area contributed by atoms with E-state index in [1.54, 1.807) is 0 Å². The molecule has 1 heterocycles. The molecule has 1 aliphatic rings. The Kier molecular flexibility index (Phi) is 6.58. The van der Waals surface area contributed by atoms with Crippen molar-refractivity contribution in [1.29, 1.82) is 0 Å². The van der Waals surface area contributed by atoms with Gasteiger partial charge >= 0.3 is 5.97 Å². The highest BCUT2D eigenvalue weighted by Gasteiger charge is 2.15. The Morgan fingerprint density at radius 3 is 2.55 bits per heavy atom. The number of fused-ring (bicyclic) bond motifs is 1. The summed E-state index contributed by atoms with van der Waals surface area (Å²) in [5.74, 6) is 0.708. The molecule has 5 nitrogen and oxygen atoms in total. The van der Waals surface area contributed by atoms with E-state index < -0.39 is 5.97 Å². The van der Waals surface area contributed by atoms with Crippen LogP contribution in [0, 0.1) is 0 Å². The average Bonchev–Trinajstić information content (AvgIpc) is 2.37. The number of benzene rings is 1. The normalized spacial score (nSPS) is 12.9. The van der Waals surface area contributed by atoms with Crippen LogP contribution < -0.4 is 9.47 Å². The van der Waals surface area contributed by atoms with E-state index in [-0.39, 0.29) is 18.8 Å². The lowest BCUT2D eigenvalue weighted by Gasteiger charge is -2.22. The van der Waals surface area contributed by atoms with Gasteiger partial charge in [0.2, 0.25) is 0 Å². The maximum atomic E-state index is 10.5. The number of hydrogen-bond donors (Lipinski definition) is 1. The molecule has 0 aromatic heterocycles. The van der Waals surface area contributed by atoms with Crippen molar-refractivity contribution in [3.63, 3.8) is 0 Å². The summed E-state index contributed by atoms with van der Waals surface area (Å²) >= 11 is 3.51. The van der Waals surface area contributed by atoms with Crippen molar-refractivity contribution in [1.82, 2.24) is 4.90 Å². The van der Waals surface area contributed by atoms with Gasteiger partial charge in [-0.25, -0.2) is 0 Å². The standard InChI is InChI=1S/C13H16BrNO4.ClH/c1-15(3-2-13(16)17)8-9-6-11-12(7-10(9)14)19-5-4-18-11;/h6-7H,2-5,8H2,1H3,(H,16,17);1H. The van der Waals surface area contributed by atoms with Crippen LogP contribution in [-0.2, 0) is 11.3 Å². The van der Waals surface area contributed by atoms with Crippen molar-refractivity contribution in [2.24, 2.45) is 0 Å². The fourth-order valence-corrected chi connectivity index (χ4v) is 2.33. The second kappa shape index (κ2) is 7.71. The smallest absolute Gasteiger partial charge is 0.304 e. The molecule has 0 atom stereocenters. The third-order valence-electron chi connectivity index (χ3n) is 2.86. The minimum absolute atomic E-state index is 0. The first kappa shape index (κ1) is 17.1. The molecule has 1 N–H and O–H groups in total. The molecule has 20 heavy (non-hydrogen) atoms. The van der Waals surface area contributed by atoms with E-state index in [1.165, 1.54) is 0 Å². The summed E-state index contributed by atoms with van der Waals surface area (Å²) in [5.41, 5.74) is 1.05. The molecular formula is C13H17BrClNO4. The summed E-state index contributed by atoms with van der Waals surface area (Å²) < 4.78 is 12.0. The monoisotopic (exact) mass is 365 g/mol. The number of carboxylic acid groups (broad SMARTS) is 1. The highest BCUT2D eigenvalue weighted by Crippen LogP contribution is 2.35. The summed E-state index contributed by atoms with van der Waals surface area (Å²) in [7, 11) is 1.90. The zero-order valence-electron chi connectivity index (χ0n) is 11.1. The van der Waals surface area contributed by atoms with E-state index in [9.17, 15) is 4.79 Å². The zero-order chi connectivity index (χ0) is 13.8. The van der Waals surface area contributed by atoms with E-state index in [0.717, 1.165) is 21.5 Å². The van der Waals surface area contributed by atoms with Crippen LogP contribution in [0.2, 0.25) is 0 Å². The van der Waals surface area contributed by atoms with E-state index in [4.69, 9.17) is 14.6 Å². The number of halogens is 2. The van der Waals surface area contributed by atoms with Crippen LogP contribution in [-0.4, -0.2) is 42.8 Å². The number of carbonyl (C=O) groups is 1. The van der Waals surface area contributed by atoms with Crippen molar-refractivity contribution in [2.45, 2.75) is 13.0 Å². The fraction of sp³-hybridized carbons (Fsp3) is 0.462. The van der Waals surface area contributed by atoms with Crippen molar-refractivity contribution < 1.29 is 19.4 Å². The number of aliphatic carboxylic acids is 1. The van der Waals surface area contributed by atoms with Crippen molar-refractivity contribution in [3.8, 4) is 11.5 Å². The topological polar surface area (TPSA) is 59.0 Å². The molecule has 112 valence electrons. The minimum atomic E-state index is -0.784. The van der Waals surface area contributed by atoms with Gasteiger partial charge in [-0.05, 0) is 24.7 Å². The van der Waals surface area contributed by atoms with Gasteiger partial charge in [0.05, 0.1) is 6.42 Å². The molecule has 0 spiro atoms. The third-order valence-corrected chi connectivity index (χ3v) is 3.60. The summed E-state index contributed by atoms with van der Waals surface area (Å²) in [6, 6.07) is 3.84. The lowest BCUT2D eigenvalue weighted by atomic mass is 10.2. The predicted octanol–water partition coefficient (Wildman–Crippen LogP) is 2.55. The summed E-state index contributed by atoms with van der Waals surface area (Å²) in [6.45, 7) is 2.29. The van der Waals surface area contributed by atoms with E-state index in [2.05, 4.69) is 15.9 Å². The second-order valence-corrected chi connectivity index (χ2v) is 5.32. The van der Waals surface area contributed by atoms with Crippen LogP contribution in [0.4, 0.5) is 0 Å². The summed E-state index contributed by atoms with van der Waals surface area (Å²) in [4.78, 5) is 12.5. The molecule has 7 heteroatoms. The number of nitrogens with zero attached hydrogens (tertiary/aromatic N) is 1. The molecule has 0 saturated heterocycles. The van der Waals surface area contributed by atoms with Crippen LogP contribution in [0.1, 0.15) is 12.0 Å². The molecule has 0 aliphatic carbocycles. The lowest BCUT2D eigenvalue weighted by Crippen LogP contribution is -2.22. The van der Waals surface area contributed by atoms with Crippen LogP contribution in [0.3, 0.4) is 0 Å². The number of hydrogen-bond acceptors (Lipinski definition) is 4. The van der Waals surface area contributed by atoms with Crippen LogP contribution in [0.15, 0.2) is 16.6 Å². The van der Waals surface area contributed by atoms with Gasteiger partial charge in [-0.2, -0.15) is 0 Å². The summed E-state index contributed by atoms with van der Waals surface area (Å²) in [6.07, 6.45) is 0.138. The zero-order valence-corrected chi connectivity index (χ0v) is 13.5. The van der Waals surface area contributed by atoms with E-state index in [0.29, 0.717) is 26.3 Å². The van der Waals surface area contributed by atoms with Crippen molar-refractivity contribution in [2.75, 3.05) is 26.8 Å². The molecule has 0 bridgehead atoms. The molecule has 0 saturated carbocycles. The Bertz CT molecular complexity index is 484. The molecule has 1 aromatic carbocycles. The highest BCUT2D eigenvalue weighted by molar-refractivity contribution is 9.10.